The summed E-state index contributed by atoms with van der Waals surface area (Å²) in [5.74, 6) is -1.13. The first-order valence-electron chi connectivity index (χ1n) is 8.05. The fourth-order valence-corrected chi connectivity index (χ4v) is 3.26. The quantitative estimate of drug-likeness (QED) is 0.848. The number of hydrogen-bond acceptors (Lipinski definition) is 2. The Morgan fingerprint density at radius 2 is 1.82 bits per heavy atom. The number of hydrogen-bond donors (Lipinski definition) is 2. The second kappa shape index (κ2) is 7.43. The van der Waals surface area contributed by atoms with Crippen LogP contribution in [0, 0.1) is 5.41 Å². The normalized spacial score (nSPS) is 18.4. The molecule has 1 aromatic rings. The molecule has 1 aromatic carbocycles. The first-order chi connectivity index (χ1) is 10.5. The van der Waals surface area contributed by atoms with Gasteiger partial charge < -0.3 is 10.4 Å². The summed E-state index contributed by atoms with van der Waals surface area (Å²) < 4.78 is 0. The van der Waals surface area contributed by atoms with Crippen molar-refractivity contribution in [2.24, 2.45) is 5.41 Å². The zero-order valence-corrected chi connectivity index (χ0v) is 13.2. The fraction of sp³-hybridized carbons (Fsp3) is 0.556. The highest BCUT2D eigenvalue weighted by Gasteiger charge is 2.31. The summed E-state index contributed by atoms with van der Waals surface area (Å²) in [6.07, 6.45) is 6.41. The number of nitrogens with one attached hydrogen (secondary N) is 1. The number of amides is 1. The molecule has 0 unspecified atom stereocenters. The molecule has 0 aromatic heterocycles. The Bertz CT molecular complexity index is 506. The number of carboxylic acid groups (broad SMARTS) is 1. The van der Waals surface area contributed by atoms with E-state index in [1.807, 2.05) is 30.3 Å². The van der Waals surface area contributed by atoms with Crippen LogP contribution in [0.25, 0.3) is 0 Å². The fourth-order valence-electron chi connectivity index (χ4n) is 3.26. The summed E-state index contributed by atoms with van der Waals surface area (Å²) in [7, 11) is 0. The Morgan fingerprint density at radius 1 is 1.18 bits per heavy atom. The molecule has 120 valence electrons. The van der Waals surface area contributed by atoms with E-state index in [0.717, 1.165) is 31.2 Å². The summed E-state index contributed by atoms with van der Waals surface area (Å²) in [6.45, 7) is 2.14. The topological polar surface area (TPSA) is 66.4 Å². The second-order valence-corrected chi connectivity index (χ2v) is 6.70. The summed E-state index contributed by atoms with van der Waals surface area (Å²) in [5, 5.41) is 12.0. The van der Waals surface area contributed by atoms with Crippen LogP contribution in [0.5, 0.6) is 0 Å². The lowest BCUT2D eigenvalue weighted by molar-refractivity contribution is -0.142. The molecule has 0 radical (unpaired) electrons. The van der Waals surface area contributed by atoms with Crippen molar-refractivity contribution in [3.8, 4) is 0 Å². The van der Waals surface area contributed by atoms with Gasteiger partial charge in [-0.05, 0) is 23.8 Å². The number of benzene rings is 1. The van der Waals surface area contributed by atoms with Gasteiger partial charge in [0.15, 0.2) is 0 Å². The van der Waals surface area contributed by atoms with Crippen LogP contribution in [0.15, 0.2) is 30.3 Å². The zero-order chi connectivity index (χ0) is 16.0. The van der Waals surface area contributed by atoms with E-state index in [4.69, 9.17) is 0 Å². The third-order valence-electron chi connectivity index (χ3n) is 4.56. The van der Waals surface area contributed by atoms with E-state index in [9.17, 15) is 14.7 Å². The molecule has 0 saturated heterocycles. The van der Waals surface area contributed by atoms with Gasteiger partial charge in [0.25, 0.3) is 0 Å². The molecule has 0 aliphatic heterocycles. The van der Waals surface area contributed by atoms with Crippen molar-refractivity contribution in [3.63, 3.8) is 0 Å². The maximum atomic E-state index is 12.2. The SMILES string of the molecule is CC1(CC(=O)N[C@H](Cc2ccccc2)C(=O)O)CCCCC1. The molecular weight excluding hydrogens is 278 g/mol. The predicted molar refractivity (Wildman–Crippen MR) is 85.5 cm³/mol. The van der Waals surface area contributed by atoms with E-state index in [-0.39, 0.29) is 11.3 Å². The van der Waals surface area contributed by atoms with Gasteiger partial charge in [-0.1, -0.05) is 56.5 Å². The van der Waals surface area contributed by atoms with Crippen molar-refractivity contribution in [2.45, 2.75) is 57.9 Å². The lowest BCUT2D eigenvalue weighted by Crippen LogP contribution is -2.44. The Morgan fingerprint density at radius 3 is 2.41 bits per heavy atom. The minimum atomic E-state index is -0.981. The molecule has 1 aliphatic carbocycles. The number of aliphatic carboxylic acids is 1. The van der Waals surface area contributed by atoms with Crippen LogP contribution < -0.4 is 5.32 Å². The van der Waals surface area contributed by atoms with E-state index in [1.54, 1.807) is 0 Å². The molecule has 4 heteroatoms. The van der Waals surface area contributed by atoms with Crippen LogP contribution in [0.2, 0.25) is 0 Å². The largest absolute Gasteiger partial charge is 0.480 e. The molecule has 0 spiro atoms. The van der Waals surface area contributed by atoms with E-state index >= 15 is 0 Å². The summed E-state index contributed by atoms with van der Waals surface area (Å²) in [4.78, 5) is 23.6. The predicted octanol–water partition coefficient (Wildman–Crippen LogP) is 3.16. The van der Waals surface area contributed by atoms with E-state index in [2.05, 4.69) is 12.2 Å². The van der Waals surface area contributed by atoms with Gasteiger partial charge in [0.05, 0.1) is 0 Å². The van der Waals surface area contributed by atoms with E-state index < -0.39 is 12.0 Å². The molecule has 1 aliphatic rings. The Labute approximate surface area is 131 Å². The monoisotopic (exact) mass is 303 g/mol. The standard InChI is InChI=1S/C18H25NO3/c1-18(10-6-3-7-11-18)13-16(20)19-15(17(21)22)12-14-8-4-2-5-9-14/h2,4-5,8-9,15H,3,6-7,10-13H2,1H3,(H,19,20)(H,21,22)/t15-/m1/s1. The average molecular weight is 303 g/mol. The van der Waals surface area contributed by atoms with Crippen molar-refractivity contribution >= 4 is 11.9 Å². The maximum Gasteiger partial charge on any atom is 0.326 e. The summed E-state index contributed by atoms with van der Waals surface area (Å²) >= 11 is 0. The zero-order valence-electron chi connectivity index (χ0n) is 13.2. The van der Waals surface area contributed by atoms with E-state index in [1.165, 1.54) is 6.42 Å². The van der Waals surface area contributed by atoms with Crippen molar-refractivity contribution in [2.75, 3.05) is 0 Å². The highest BCUT2D eigenvalue weighted by atomic mass is 16.4. The number of rotatable bonds is 6. The van der Waals surface area contributed by atoms with Crippen LogP contribution in [-0.4, -0.2) is 23.0 Å². The molecule has 22 heavy (non-hydrogen) atoms. The molecule has 2 N–H and O–H groups in total. The molecule has 4 nitrogen and oxygen atoms in total. The molecule has 0 bridgehead atoms. The van der Waals surface area contributed by atoms with Gasteiger partial charge in [-0.3, -0.25) is 4.79 Å². The van der Waals surface area contributed by atoms with Crippen molar-refractivity contribution in [3.05, 3.63) is 35.9 Å². The maximum absolute atomic E-state index is 12.2. The molecule has 1 atom stereocenters. The van der Waals surface area contributed by atoms with Crippen LogP contribution in [0.3, 0.4) is 0 Å². The number of carboxylic acids is 1. The second-order valence-electron chi connectivity index (χ2n) is 6.70. The van der Waals surface area contributed by atoms with Gasteiger partial charge in [0, 0.05) is 12.8 Å². The van der Waals surface area contributed by atoms with E-state index in [0.29, 0.717) is 12.8 Å². The molecular formula is C18H25NO3. The van der Waals surface area contributed by atoms with Crippen LogP contribution in [0.1, 0.15) is 51.0 Å². The number of carbonyl (C=O) groups is 2. The Hall–Kier alpha value is -1.84. The first-order valence-corrected chi connectivity index (χ1v) is 8.05. The van der Waals surface area contributed by atoms with Crippen molar-refractivity contribution in [1.29, 1.82) is 0 Å². The molecule has 1 saturated carbocycles. The minimum absolute atomic E-state index is 0.0259. The Kier molecular flexibility index (Phi) is 5.58. The van der Waals surface area contributed by atoms with Crippen LogP contribution >= 0.6 is 0 Å². The van der Waals surface area contributed by atoms with Gasteiger partial charge in [-0.2, -0.15) is 0 Å². The summed E-state index contributed by atoms with van der Waals surface area (Å²) in [5.41, 5.74) is 0.942. The smallest absolute Gasteiger partial charge is 0.326 e. The van der Waals surface area contributed by atoms with Gasteiger partial charge in [-0.25, -0.2) is 4.79 Å². The van der Waals surface area contributed by atoms with Gasteiger partial charge >= 0.3 is 5.97 Å². The minimum Gasteiger partial charge on any atom is -0.480 e. The average Bonchev–Trinajstić information content (AvgIpc) is 2.47. The first kappa shape index (κ1) is 16.5. The Balaban J connectivity index is 1.92. The molecule has 2 rings (SSSR count). The lowest BCUT2D eigenvalue weighted by atomic mass is 9.73. The third kappa shape index (κ3) is 4.86. The van der Waals surface area contributed by atoms with Gasteiger partial charge in [-0.15, -0.1) is 0 Å². The molecule has 0 heterocycles. The van der Waals surface area contributed by atoms with Crippen molar-refractivity contribution < 1.29 is 14.7 Å². The van der Waals surface area contributed by atoms with Crippen LogP contribution in [0.4, 0.5) is 0 Å². The number of carbonyl (C=O) groups excluding carboxylic acids is 1. The van der Waals surface area contributed by atoms with Crippen LogP contribution in [-0.2, 0) is 16.0 Å². The summed E-state index contributed by atoms with van der Waals surface area (Å²) in [6, 6.07) is 8.54. The van der Waals surface area contributed by atoms with Crippen molar-refractivity contribution in [1.82, 2.24) is 5.32 Å². The lowest BCUT2D eigenvalue weighted by Gasteiger charge is -2.33. The molecule has 1 fully saturated rings. The highest BCUT2D eigenvalue weighted by Crippen LogP contribution is 2.38. The highest BCUT2D eigenvalue weighted by molar-refractivity contribution is 5.84. The van der Waals surface area contributed by atoms with Gasteiger partial charge in [0.1, 0.15) is 6.04 Å². The molecule has 1 amide bonds. The third-order valence-corrected chi connectivity index (χ3v) is 4.56. The van der Waals surface area contributed by atoms with Gasteiger partial charge in [0.2, 0.25) is 5.91 Å².